The Morgan fingerprint density at radius 2 is 2.17 bits per heavy atom. The highest BCUT2D eigenvalue weighted by atomic mass is 32.1. The Balaban J connectivity index is 2.15. The third-order valence-electron chi connectivity index (χ3n) is 2.81. The molecule has 0 aromatic carbocycles. The maximum atomic E-state index is 4.55. The van der Waals surface area contributed by atoms with E-state index in [0.717, 1.165) is 18.1 Å². The van der Waals surface area contributed by atoms with Crippen LogP contribution in [0.15, 0.2) is 29.8 Å². The second-order valence-corrected chi connectivity index (χ2v) is 5.55. The molecule has 0 saturated heterocycles. The fraction of sp³-hybridized carbons (Fsp3) is 0.429. The number of hydrogen-bond donors (Lipinski definition) is 1. The highest BCUT2D eigenvalue weighted by molar-refractivity contribution is 7.10. The van der Waals surface area contributed by atoms with Crippen molar-refractivity contribution in [1.29, 1.82) is 0 Å². The van der Waals surface area contributed by atoms with E-state index in [1.54, 1.807) is 11.3 Å². The van der Waals surface area contributed by atoms with Gasteiger partial charge in [-0.15, -0.1) is 11.3 Å². The van der Waals surface area contributed by atoms with Crippen molar-refractivity contribution in [1.82, 2.24) is 9.97 Å². The zero-order chi connectivity index (χ0) is 13.0. The summed E-state index contributed by atoms with van der Waals surface area (Å²) < 4.78 is 0. The first-order valence-corrected chi connectivity index (χ1v) is 7.21. The summed E-state index contributed by atoms with van der Waals surface area (Å²) in [6.45, 7) is 6.40. The van der Waals surface area contributed by atoms with E-state index in [1.165, 1.54) is 4.88 Å². The molecular weight excluding hydrogens is 242 g/mol. The summed E-state index contributed by atoms with van der Waals surface area (Å²) in [4.78, 5) is 10.2. The van der Waals surface area contributed by atoms with Crippen LogP contribution < -0.4 is 5.32 Å². The molecular formula is C14H19N3S. The van der Waals surface area contributed by atoms with Crippen molar-refractivity contribution in [2.24, 2.45) is 0 Å². The lowest BCUT2D eigenvalue weighted by molar-refractivity contribution is 0.740. The van der Waals surface area contributed by atoms with Gasteiger partial charge in [-0.25, -0.2) is 9.97 Å². The predicted molar refractivity (Wildman–Crippen MR) is 77.1 cm³/mol. The van der Waals surface area contributed by atoms with Gasteiger partial charge in [0.15, 0.2) is 0 Å². The van der Waals surface area contributed by atoms with Crippen LogP contribution in [0.1, 0.15) is 49.9 Å². The third kappa shape index (κ3) is 3.07. The van der Waals surface area contributed by atoms with Gasteiger partial charge in [0.25, 0.3) is 0 Å². The van der Waals surface area contributed by atoms with Crippen molar-refractivity contribution in [3.05, 3.63) is 40.5 Å². The molecule has 2 heterocycles. The van der Waals surface area contributed by atoms with Gasteiger partial charge in [-0.05, 0) is 23.9 Å². The largest absolute Gasteiger partial charge is 0.362 e. The second kappa shape index (κ2) is 5.96. The first kappa shape index (κ1) is 13.0. The van der Waals surface area contributed by atoms with Crippen molar-refractivity contribution in [2.75, 3.05) is 5.32 Å². The van der Waals surface area contributed by atoms with E-state index in [1.807, 2.05) is 12.3 Å². The summed E-state index contributed by atoms with van der Waals surface area (Å²) in [5, 5.41) is 5.60. The molecule has 0 bridgehead atoms. The lowest BCUT2D eigenvalue weighted by Crippen LogP contribution is -2.10. The van der Waals surface area contributed by atoms with E-state index in [-0.39, 0.29) is 0 Å². The van der Waals surface area contributed by atoms with Crippen molar-refractivity contribution in [3.8, 4) is 0 Å². The molecule has 0 aliphatic carbocycles. The van der Waals surface area contributed by atoms with Crippen LogP contribution in [0.4, 0.5) is 5.82 Å². The van der Waals surface area contributed by atoms with E-state index in [0.29, 0.717) is 12.0 Å². The molecule has 0 aliphatic heterocycles. The lowest BCUT2D eigenvalue weighted by Gasteiger charge is -2.16. The highest BCUT2D eigenvalue weighted by Gasteiger charge is 2.11. The Morgan fingerprint density at radius 3 is 2.78 bits per heavy atom. The van der Waals surface area contributed by atoms with Crippen molar-refractivity contribution in [2.45, 2.75) is 39.2 Å². The molecule has 96 valence electrons. The van der Waals surface area contributed by atoms with Gasteiger partial charge >= 0.3 is 0 Å². The van der Waals surface area contributed by atoms with Gasteiger partial charge in [0.1, 0.15) is 11.6 Å². The normalized spacial score (nSPS) is 12.7. The van der Waals surface area contributed by atoms with Gasteiger partial charge in [-0.2, -0.15) is 0 Å². The lowest BCUT2D eigenvalue weighted by atomic mass is 10.2. The Hall–Kier alpha value is -1.42. The molecule has 1 N–H and O–H groups in total. The number of nitrogens with zero attached hydrogens (tertiary/aromatic N) is 2. The summed E-state index contributed by atoms with van der Waals surface area (Å²) in [5.74, 6) is 2.16. The quantitative estimate of drug-likeness (QED) is 0.875. The molecule has 2 aromatic rings. The third-order valence-corrected chi connectivity index (χ3v) is 3.79. The SMILES string of the molecule is CCC(Nc1ccnc(C(C)C)n1)c1cccs1. The number of hydrogen-bond acceptors (Lipinski definition) is 4. The van der Waals surface area contributed by atoms with Gasteiger partial charge < -0.3 is 5.32 Å². The van der Waals surface area contributed by atoms with Crippen LogP contribution in [0.25, 0.3) is 0 Å². The van der Waals surface area contributed by atoms with Crippen LogP contribution in [0, 0.1) is 0 Å². The monoisotopic (exact) mass is 261 g/mol. The second-order valence-electron chi connectivity index (χ2n) is 4.58. The predicted octanol–water partition coefficient (Wildman–Crippen LogP) is 4.22. The zero-order valence-electron chi connectivity index (χ0n) is 11.1. The molecule has 2 rings (SSSR count). The molecule has 0 saturated carbocycles. The molecule has 0 radical (unpaired) electrons. The number of anilines is 1. The number of nitrogens with one attached hydrogen (secondary N) is 1. The minimum absolute atomic E-state index is 0.333. The summed E-state index contributed by atoms with van der Waals surface area (Å²) in [7, 11) is 0. The van der Waals surface area contributed by atoms with Crippen LogP contribution in [-0.4, -0.2) is 9.97 Å². The first-order chi connectivity index (χ1) is 8.70. The standard InChI is InChI=1S/C14H19N3S/c1-4-11(12-6-5-9-18-12)16-13-7-8-15-14(17-13)10(2)3/h5-11H,4H2,1-3H3,(H,15,16,17). The number of aromatic nitrogens is 2. The minimum atomic E-state index is 0.333. The minimum Gasteiger partial charge on any atom is -0.362 e. The zero-order valence-corrected chi connectivity index (χ0v) is 11.9. The fourth-order valence-corrected chi connectivity index (χ4v) is 2.64. The number of rotatable bonds is 5. The van der Waals surface area contributed by atoms with Gasteiger partial charge in [-0.1, -0.05) is 26.8 Å². The molecule has 3 nitrogen and oxygen atoms in total. The van der Waals surface area contributed by atoms with Gasteiger partial charge in [0.05, 0.1) is 6.04 Å². The summed E-state index contributed by atoms with van der Waals surface area (Å²) >= 11 is 1.78. The van der Waals surface area contributed by atoms with E-state index in [9.17, 15) is 0 Å². The molecule has 0 fully saturated rings. The fourth-order valence-electron chi connectivity index (χ4n) is 1.77. The molecule has 1 unspecified atom stereocenters. The topological polar surface area (TPSA) is 37.8 Å². The van der Waals surface area contributed by atoms with Crippen LogP contribution >= 0.6 is 11.3 Å². The maximum Gasteiger partial charge on any atom is 0.133 e. The molecule has 4 heteroatoms. The summed E-state index contributed by atoms with van der Waals surface area (Å²) in [5.41, 5.74) is 0. The van der Waals surface area contributed by atoms with Crippen molar-refractivity contribution >= 4 is 17.2 Å². The Kier molecular flexibility index (Phi) is 4.31. The Morgan fingerprint density at radius 1 is 1.33 bits per heavy atom. The molecule has 18 heavy (non-hydrogen) atoms. The van der Waals surface area contributed by atoms with Crippen LogP contribution in [-0.2, 0) is 0 Å². The van der Waals surface area contributed by atoms with E-state index >= 15 is 0 Å². The molecule has 2 aromatic heterocycles. The van der Waals surface area contributed by atoms with E-state index in [4.69, 9.17) is 0 Å². The van der Waals surface area contributed by atoms with Gasteiger partial charge in [0, 0.05) is 17.0 Å². The van der Waals surface area contributed by atoms with Crippen LogP contribution in [0.5, 0.6) is 0 Å². The Bertz CT molecular complexity index is 480. The Labute approximate surface area is 112 Å². The average molecular weight is 261 g/mol. The van der Waals surface area contributed by atoms with Crippen LogP contribution in [0.2, 0.25) is 0 Å². The van der Waals surface area contributed by atoms with Crippen molar-refractivity contribution < 1.29 is 0 Å². The first-order valence-electron chi connectivity index (χ1n) is 6.33. The van der Waals surface area contributed by atoms with Crippen molar-refractivity contribution in [3.63, 3.8) is 0 Å². The maximum absolute atomic E-state index is 4.55. The van der Waals surface area contributed by atoms with Gasteiger partial charge in [-0.3, -0.25) is 0 Å². The number of thiophene rings is 1. The van der Waals surface area contributed by atoms with Crippen LogP contribution in [0.3, 0.4) is 0 Å². The molecule has 0 aliphatic rings. The van der Waals surface area contributed by atoms with E-state index in [2.05, 4.69) is 53.6 Å². The van der Waals surface area contributed by atoms with E-state index < -0.39 is 0 Å². The van der Waals surface area contributed by atoms with Gasteiger partial charge in [0.2, 0.25) is 0 Å². The molecule has 0 spiro atoms. The smallest absolute Gasteiger partial charge is 0.133 e. The molecule has 1 atom stereocenters. The summed E-state index contributed by atoms with van der Waals surface area (Å²) in [6, 6.07) is 6.52. The molecule has 0 amide bonds. The highest BCUT2D eigenvalue weighted by Crippen LogP contribution is 2.25. The average Bonchev–Trinajstić information content (AvgIpc) is 2.90. The summed E-state index contributed by atoms with van der Waals surface area (Å²) in [6.07, 6.45) is 2.87.